The van der Waals surface area contributed by atoms with Crippen LogP contribution in [0.5, 0.6) is 5.75 Å². The Kier molecular flexibility index (Phi) is 4.37. The van der Waals surface area contributed by atoms with Gasteiger partial charge in [-0.05, 0) is 17.5 Å². The van der Waals surface area contributed by atoms with E-state index >= 15 is 0 Å². The number of hydrogen-bond acceptors (Lipinski definition) is 4. The Balaban J connectivity index is 2.10. The van der Waals surface area contributed by atoms with Crippen molar-refractivity contribution in [1.82, 2.24) is 0 Å². The van der Waals surface area contributed by atoms with Crippen LogP contribution in [0.2, 0.25) is 5.02 Å². The largest absolute Gasteiger partial charge is 0.511 e. The summed E-state index contributed by atoms with van der Waals surface area (Å²) in [6, 6.07) is 6.76. The van der Waals surface area contributed by atoms with Crippen molar-refractivity contribution in [1.29, 1.82) is 0 Å². The molecule has 0 unspecified atom stereocenters. The van der Waals surface area contributed by atoms with Crippen molar-refractivity contribution >= 4 is 23.2 Å². The molecule has 1 aliphatic rings. The Bertz CT molecular complexity index is 616. The lowest BCUT2D eigenvalue weighted by Gasteiger charge is -2.28. The van der Waals surface area contributed by atoms with E-state index in [4.69, 9.17) is 16.3 Å². The predicted octanol–water partition coefficient (Wildman–Crippen LogP) is 3.49. The van der Waals surface area contributed by atoms with Gasteiger partial charge < -0.3 is 9.84 Å². The normalized spacial score (nSPS) is 17.8. The van der Waals surface area contributed by atoms with Crippen molar-refractivity contribution < 1.29 is 19.4 Å². The van der Waals surface area contributed by atoms with E-state index in [2.05, 4.69) is 0 Å². The van der Waals surface area contributed by atoms with Crippen LogP contribution in [0.3, 0.4) is 0 Å². The summed E-state index contributed by atoms with van der Waals surface area (Å²) in [6.45, 7) is 3.43. The molecule has 4 nitrogen and oxygen atoms in total. The van der Waals surface area contributed by atoms with Crippen LogP contribution in [-0.2, 0) is 9.59 Å². The third kappa shape index (κ3) is 3.64. The standard InChI is InChI=1S/C16H17ClO4/c1-16(2)7-11(18)15(12(19)8-16)13(20)9-21-14-6-4-3-5-10(14)17/h3-6,18H,7-9H2,1-2H3. The summed E-state index contributed by atoms with van der Waals surface area (Å²) in [5.41, 5.74) is -0.462. The van der Waals surface area contributed by atoms with Crippen LogP contribution in [0.4, 0.5) is 0 Å². The molecule has 0 amide bonds. The second kappa shape index (κ2) is 5.90. The van der Waals surface area contributed by atoms with Gasteiger partial charge in [-0.25, -0.2) is 0 Å². The molecule has 0 heterocycles. The van der Waals surface area contributed by atoms with Crippen LogP contribution in [0.25, 0.3) is 0 Å². The highest BCUT2D eigenvalue weighted by Crippen LogP contribution is 2.36. The van der Waals surface area contributed by atoms with E-state index < -0.39 is 5.78 Å². The molecule has 112 valence electrons. The minimum atomic E-state index is -0.520. The van der Waals surface area contributed by atoms with Gasteiger partial charge in [0.2, 0.25) is 5.78 Å². The second-order valence-electron chi connectivity index (χ2n) is 5.90. The topological polar surface area (TPSA) is 63.6 Å². The van der Waals surface area contributed by atoms with Crippen molar-refractivity contribution in [3.8, 4) is 5.75 Å². The molecule has 0 bridgehead atoms. The number of rotatable bonds is 4. The van der Waals surface area contributed by atoms with E-state index in [1.54, 1.807) is 24.3 Å². The molecule has 1 N–H and O–H groups in total. The first-order valence-corrected chi connectivity index (χ1v) is 7.04. The molecule has 0 atom stereocenters. The third-order valence-corrected chi connectivity index (χ3v) is 3.64. The van der Waals surface area contributed by atoms with Gasteiger partial charge in [0, 0.05) is 12.8 Å². The second-order valence-corrected chi connectivity index (χ2v) is 6.31. The fraction of sp³-hybridized carbons (Fsp3) is 0.375. The van der Waals surface area contributed by atoms with Crippen LogP contribution in [0.1, 0.15) is 26.7 Å². The van der Waals surface area contributed by atoms with Gasteiger partial charge >= 0.3 is 0 Å². The van der Waals surface area contributed by atoms with Gasteiger partial charge in [0.1, 0.15) is 17.1 Å². The van der Waals surface area contributed by atoms with E-state index in [9.17, 15) is 14.7 Å². The molecule has 2 rings (SSSR count). The molecule has 0 aliphatic heterocycles. The first-order valence-electron chi connectivity index (χ1n) is 6.66. The molecule has 21 heavy (non-hydrogen) atoms. The first-order chi connectivity index (χ1) is 9.80. The van der Waals surface area contributed by atoms with Crippen LogP contribution in [0, 0.1) is 5.41 Å². The van der Waals surface area contributed by atoms with Crippen molar-refractivity contribution in [2.24, 2.45) is 5.41 Å². The third-order valence-electron chi connectivity index (χ3n) is 3.33. The summed E-state index contributed by atoms with van der Waals surface area (Å²) in [7, 11) is 0. The zero-order chi connectivity index (χ0) is 15.6. The van der Waals surface area contributed by atoms with E-state index in [0.717, 1.165) is 0 Å². The minimum absolute atomic E-state index is 0.138. The summed E-state index contributed by atoms with van der Waals surface area (Å²) >= 11 is 5.92. The zero-order valence-electron chi connectivity index (χ0n) is 12.0. The average Bonchev–Trinajstić information content (AvgIpc) is 2.35. The Morgan fingerprint density at radius 2 is 2.00 bits per heavy atom. The number of aliphatic hydroxyl groups excluding tert-OH is 1. The number of carbonyl (C=O) groups excluding carboxylic acids is 2. The van der Waals surface area contributed by atoms with Crippen molar-refractivity contribution in [3.63, 3.8) is 0 Å². The molecule has 0 saturated heterocycles. The maximum atomic E-state index is 12.1. The molecular weight excluding hydrogens is 292 g/mol. The first kappa shape index (κ1) is 15.6. The fourth-order valence-electron chi connectivity index (χ4n) is 2.38. The van der Waals surface area contributed by atoms with Gasteiger partial charge in [0.05, 0.1) is 5.02 Å². The minimum Gasteiger partial charge on any atom is -0.511 e. The number of halogens is 1. The summed E-state index contributed by atoms with van der Waals surface area (Å²) < 4.78 is 5.32. The lowest BCUT2D eigenvalue weighted by atomic mass is 9.76. The maximum Gasteiger partial charge on any atom is 0.207 e. The number of para-hydroxylation sites is 1. The summed E-state index contributed by atoms with van der Waals surface area (Å²) in [4.78, 5) is 24.1. The van der Waals surface area contributed by atoms with Gasteiger partial charge in [-0.2, -0.15) is 0 Å². The smallest absolute Gasteiger partial charge is 0.207 e. The van der Waals surface area contributed by atoms with E-state index in [-0.39, 0.29) is 35.6 Å². The Morgan fingerprint density at radius 1 is 1.33 bits per heavy atom. The van der Waals surface area contributed by atoms with E-state index in [1.165, 1.54) is 0 Å². The molecule has 0 saturated carbocycles. The Hall–Kier alpha value is -1.81. The lowest BCUT2D eigenvalue weighted by Crippen LogP contribution is -2.31. The molecule has 1 aromatic carbocycles. The summed E-state index contributed by atoms with van der Waals surface area (Å²) in [6.07, 6.45) is 0.552. The Morgan fingerprint density at radius 3 is 2.62 bits per heavy atom. The van der Waals surface area contributed by atoms with Crippen LogP contribution in [0.15, 0.2) is 35.6 Å². The van der Waals surface area contributed by atoms with E-state index in [0.29, 0.717) is 17.2 Å². The van der Waals surface area contributed by atoms with Gasteiger partial charge in [-0.3, -0.25) is 9.59 Å². The highest BCUT2D eigenvalue weighted by Gasteiger charge is 2.36. The van der Waals surface area contributed by atoms with Gasteiger partial charge in [0.15, 0.2) is 12.4 Å². The molecule has 0 spiro atoms. The number of Topliss-reactive ketones (excluding diaryl/α,β-unsaturated/α-hetero) is 2. The van der Waals surface area contributed by atoms with Crippen molar-refractivity contribution in [2.45, 2.75) is 26.7 Å². The molecular formula is C16H17ClO4. The number of ether oxygens (including phenoxy) is 1. The molecule has 5 heteroatoms. The van der Waals surface area contributed by atoms with Crippen LogP contribution >= 0.6 is 11.6 Å². The predicted molar refractivity (Wildman–Crippen MR) is 79.6 cm³/mol. The fourth-order valence-corrected chi connectivity index (χ4v) is 2.57. The highest BCUT2D eigenvalue weighted by atomic mass is 35.5. The number of hydrogen-bond donors (Lipinski definition) is 1. The van der Waals surface area contributed by atoms with Crippen LogP contribution < -0.4 is 4.74 Å². The summed E-state index contributed by atoms with van der Waals surface area (Å²) in [5, 5.41) is 10.3. The zero-order valence-corrected chi connectivity index (χ0v) is 12.7. The molecule has 0 fully saturated rings. The lowest BCUT2D eigenvalue weighted by molar-refractivity contribution is -0.124. The molecule has 1 aliphatic carbocycles. The van der Waals surface area contributed by atoms with Crippen molar-refractivity contribution in [3.05, 3.63) is 40.6 Å². The monoisotopic (exact) mass is 308 g/mol. The van der Waals surface area contributed by atoms with Gasteiger partial charge in [0.25, 0.3) is 0 Å². The van der Waals surface area contributed by atoms with E-state index in [1.807, 2.05) is 13.8 Å². The highest BCUT2D eigenvalue weighted by molar-refractivity contribution is 6.32. The number of ketones is 2. The number of aliphatic hydroxyl groups is 1. The van der Waals surface area contributed by atoms with Gasteiger partial charge in [-0.15, -0.1) is 0 Å². The molecule has 1 aromatic rings. The molecule has 0 radical (unpaired) electrons. The summed E-state index contributed by atoms with van der Waals surface area (Å²) in [5.74, 6) is -0.635. The maximum absolute atomic E-state index is 12.1. The Labute approximate surface area is 128 Å². The van der Waals surface area contributed by atoms with Gasteiger partial charge in [-0.1, -0.05) is 37.6 Å². The number of benzene rings is 1. The SMILES string of the molecule is CC1(C)CC(=O)C(C(=O)COc2ccccc2Cl)=C(O)C1. The van der Waals surface area contributed by atoms with Crippen molar-refractivity contribution in [2.75, 3.05) is 6.61 Å². The number of carbonyl (C=O) groups is 2. The quantitative estimate of drug-likeness (QED) is 0.865. The average molecular weight is 309 g/mol. The number of allylic oxidation sites excluding steroid dienone is 1. The molecule has 0 aromatic heterocycles. The van der Waals surface area contributed by atoms with Crippen LogP contribution in [-0.4, -0.2) is 23.3 Å².